The predicted molar refractivity (Wildman–Crippen MR) is 57.8 cm³/mol. The average Bonchev–Trinajstić information content (AvgIpc) is 2.75. The van der Waals surface area contributed by atoms with E-state index in [-0.39, 0.29) is 6.04 Å². The number of hydrogen-bond acceptors (Lipinski definition) is 5. The van der Waals surface area contributed by atoms with Gasteiger partial charge in [0.25, 0.3) is 0 Å². The molecule has 0 saturated heterocycles. The van der Waals surface area contributed by atoms with Gasteiger partial charge in [-0.05, 0) is 0 Å². The molecule has 0 radical (unpaired) electrons. The molecule has 2 rings (SSSR count). The number of hydrogen-bond donors (Lipinski definition) is 1. The van der Waals surface area contributed by atoms with E-state index in [1.54, 1.807) is 30.4 Å². The first kappa shape index (κ1) is 10.6. The van der Waals surface area contributed by atoms with Crippen molar-refractivity contribution in [1.82, 2.24) is 19.7 Å². The molecule has 1 atom stereocenters. The van der Waals surface area contributed by atoms with Gasteiger partial charge in [0.05, 0.1) is 19.3 Å². The smallest absolute Gasteiger partial charge is 0.237 e. The molecule has 16 heavy (non-hydrogen) atoms. The summed E-state index contributed by atoms with van der Waals surface area (Å²) >= 11 is 0. The molecule has 0 bridgehead atoms. The second-order valence-corrected chi connectivity index (χ2v) is 3.38. The Hall–Kier alpha value is -1.95. The summed E-state index contributed by atoms with van der Waals surface area (Å²) in [6.07, 6.45) is 6.71. The van der Waals surface area contributed by atoms with Crippen molar-refractivity contribution in [3.8, 4) is 5.88 Å². The summed E-state index contributed by atoms with van der Waals surface area (Å²) in [4.78, 5) is 8.24. The van der Waals surface area contributed by atoms with Crippen LogP contribution in [0.2, 0.25) is 0 Å². The molecule has 0 fully saturated rings. The molecule has 6 nitrogen and oxygen atoms in total. The fraction of sp³-hybridized carbons (Fsp3) is 0.300. The number of rotatable bonds is 3. The molecule has 0 spiro atoms. The third kappa shape index (κ3) is 1.87. The maximum absolute atomic E-state index is 6.07. The fourth-order valence-corrected chi connectivity index (χ4v) is 1.47. The van der Waals surface area contributed by atoms with E-state index < -0.39 is 0 Å². The lowest BCUT2D eigenvalue weighted by Gasteiger charge is -2.11. The summed E-state index contributed by atoms with van der Waals surface area (Å²) < 4.78 is 6.81. The molecule has 84 valence electrons. The molecule has 0 aliphatic carbocycles. The summed E-state index contributed by atoms with van der Waals surface area (Å²) in [5.74, 6) is 0.443. The largest absolute Gasteiger partial charge is 0.480 e. The average molecular weight is 219 g/mol. The van der Waals surface area contributed by atoms with E-state index in [4.69, 9.17) is 10.5 Å². The molecule has 2 aromatic heterocycles. The molecular weight excluding hydrogens is 206 g/mol. The highest BCUT2D eigenvalue weighted by molar-refractivity contribution is 5.29. The fourth-order valence-electron chi connectivity index (χ4n) is 1.47. The van der Waals surface area contributed by atoms with Gasteiger partial charge in [-0.2, -0.15) is 5.10 Å². The van der Waals surface area contributed by atoms with Crippen LogP contribution in [0.4, 0.5) is 0 Å². The Morgan fingerprint density at radius 2 is 2.12 bits per heavy atom. The Balaban J connectivity index is 2.36. The highest BCUT2D eigenvalue weighted by Gasteiger charge is 2.17. The topological polar surface area (TPSA) is 78.8 Å². The first-order valence-corrected chi connectivity index (χ1v) is 4.81. The van der Waals surface area contributed by atoms with Gasteiger partial charge in [-0.25, -0.2) is 4.98 Å². The van der Waals surface area contributed by atoms with Gasteiger partial charge in [-0.15, -0.1) is 0 Å². The Bertz CT molecular complexity index is 482. The minimum Gasteiger partial charge on any atom is -0.480 e. The third-order valence-electron chi connectivity index (χ3n) is 2.26. The zero-order chi connectivity index (χ0) is 11.5. The van der Waals surface area contributed by atoms with Crippen molar-refractivity contribution in [2.24, 2.45) is 12.8 Å². The lowest BCUT2D eigenvalue weighted by atomic mass is 10.1. The van der Waals surface area contributed by atoms with Gasteiger partial charge in [-0.3, -0.25) is 9.67 Å². The molecule has 2 N–H and O–H groups in total. The van der Waals surface area contributed by atoms with Crippen LogP contribution in [-0.2, 0) is 7.05 Å². The summed E-state index contributed by atoms with van der Waals surface area (Å²) in [6, 6.07) is -0.377. The van der Waals surface area contributed by atoms with Crippen LogP contribution in [0, 0.1) is 0 Å². The summed E-state index contributed by atoms with van der Waals surface area (Å²) in [5, 5.41) is 4.07. The molecule has 2 aromatic rings. The Morgan fingerprint density at radius 1 is 1.38 bits per heavy atom. The van der Waals surface area contributed by atoms with E-state index in [2.05, 4.69) is 15.1 Å². The lowest BCUT2D eigenvalue weighted by molar-refractivity contribution is 0.387. The second-order valence-electron chi connectivity index (χ2n) is 3.38. The minimum atomic E-state index is -0.377. The van der Waals surface area contributed by atoms with Gasteiger partial charge in [-0.1, -0.05) is 0 Å². The molecular formula is C10H13N5O. The normalized spacial score (nSPS) is 12.4. The number of nitrogens with two attached hydrogens (primary N) is 1. The van der Waals surface area contributed by atoms with Gasteiger partial charge in [0.15, 0.2) is 0 Å². The van der Waals surface area contributed by atoms with Crippen molar-refractivity contribution < 1.29 is 4.74 Å². The third-order valence-corrected chi connectivity index (χ3v) is 2.26. The van der Waals surface area contributed by atoms with Crippen molar-refractivity contribution in [2.45, 2.75) is 6.04 Å². The van der Waals surface area contributed by atoms with E-state index in [0.717, 1.165) is 5.56 Å². The van der Waals surface area contributed by atoms with Crippen LogP contribution in [0.15, 0.2) is 24.8 Å². The number of aromatic nitrogens is 4. The Kier molecular flexibility index (Phi) is 2.82. The second kappa shape index (κ2) is 4.28. The number of nitrogens with zero attached hydrogens (tertiary/aromatic N) is 4. The van der Waals surface area contributed by atoms with Crippen molar-refractivity contribution in [3.05, 3.63) is 36.0 Å². The van der Waals surface area contributed by atoms with Crippen LogP contribution in [0.5, 0.6) is 5.88 Å². The maximum atomic E-state index is 6.07. The highest BCUT2D eigenvalue weighted by Crippen LogP contribution is 2.23. The SMILES string of the molecule is COc1nccnc1C(N)c1cnn(C)c1. The standard InChI is InChI=1S/C10H13N5O/c1-15-6-7(5-14-15)8(11)9-10(16-2)13-4-3-12-9/h3-6,8H,11H2,1-2H3. The Morgan fingerprint density at radius 3 is 2.75 bits per heavy atom. The van der Waals surface area contributed by atoms with Crippen LogP contribution < -0.4 is 10.5 Å². The first-order valence-electron chi connectivity index (χ1n) is 4.81. The zero-order valence-corrected chi connectivity index (χ0v) is 9.16. The van der Waals surface area contributed by atoms with E-state index in [1.807, 2.05) is 13.2 Å². The molecule has 0 saturated carbocycles. The quantitative estimate of drug-likeness (QED) is 0.801. The zero-order valence-electron chi connectivity index (χ0n) is 9.16. The molecule has 0 aromatic carbocycles. The van der Waals surface area contributed by atoms with E-state index >= 15 is 0 Å². The van der Waals surface area contributed by atoms with Crippen LogP contribution in [-0.4, -0.2) is 26.9 Å². The van der Waals surface area contributed by atoms with E-state index in [9.17, 15) is 0 Å². The maximum Gasteiger partial charge on any atom is 0.237 e. The van der Waals surface area contributed by atoms with Crippen molar-refractivity contribution in [1.29, 1.82) is 0 Å². The summed E-state index contributed by atoms with van der Waals surface area (Å²) in [6.45, 7) is 0. The lowest BCUT2D eigenvalue weighted by Crippen LogP contribution is -2.14. The molecule has 0 aliphatic heterocycles. The monoisotopic (exact) mass is 219 g/mol. The summed E-state index contributed by atoms with van der Waals surface area (Å²) in [7, 11) is 3.38. The van der Waals surface area contributed by atoms with Crippen molar-refractivity contribution >= 4 is 0 Å². The van der Waals surface area contributed by atoms with Crippen molar-refractivity contribution in [3.63, 3.8) is 0 Å². The van der Waals surface area contributed by atoms with Gasteiger partial charge >= 0.3 is 0 Å². The first-order chi connectivity index (χ1) is 7.72. The number of aryl methyl sites for hydroxylation is 1. The number of methoxy groups -OCH3 is 1. The van der Waals surface area contributed by atoms with Gasteiger partial charge in [0, 0.05) is 31.2 Å². The van der Waals surface area contributed by atoms with E-state index in [1.165, 1.54) is 0 Å². The van der Waals surface area contributed by atoms with Crippen LogP contribution in [0.25, 0.3) is 0 Å². The van der Waals surface area contributed by atoms with Gasteiger partial charge < -0.3 is 10.5 Å². The van der Waals surface area contributed by atoms with Crippen LogP contribution in [0.3, 0.4) is 0 Å². The molecule has 2 heterocycles. The van der Waals surface area contributed by atoms with Crippen LogP contribution >= 0.6 is 0 Å². The minimum absolute atomic E-state index is 0.377. The van der Waals surface area contributed by atoms with Crippen molar-refractivity contribution in [2.75, 3.05) is 7.11 Å². The predicted octanol–water partition coefficient (Wildman–Crippen LogP) is 0.267. The molecule has 6 heteroatoms. The Labute approximate surface area is 93.1 Å². The highest BCUT2D eigenvalue weighted by atomic mass is 16.5. The van der Waals surface area contributed by atoms with E-state index in [0.29, 0.717) is 11.6 Å². The number of ether oxygens (including phenoxy) is 1. The molecule has 0 aliphatic rings. The molecule has 1 unspecified atom stereocenters. The van der Waals surface area contributed by atoms with Gasteiger partial charge in [0.1, 0.15) is 5.69 Å². The summed E-state index contributed by atoms with van der Waals surface area (Å²) in [5.41, 5.74) is 7.56. The molecule has 0 amide bonds. The van der Waals surface area contributed by atoms with Crippen LogP contribution in [0.1, 0.15) is 17.3 Å². The van der Waals surface area contributed by atoms with Gasteiger partial charge in [0.2, 0.25) is 5.88 Å².